The minimum atomic E-state index is -0.864. The summed E-state index contributed by atoms with van der Waals surface area (Å²) in [4.78, 5) is 19.5. The number of hydrogen-bond acceptors (Lipinski definition) is 3. The monoisotopic (exact) mass is 242 g/mol. The molecular weight excluding hydrogens is 228 g/mol. The molecule has 2 aromatic rings. The molecule has 0 saturated carbocycles. The SMILES string of the molecule is Cc1nccc(C(Cc2ccccc2)C(=O)O)n1. The third-order valence-electron chi connectivity index (χ3n) is 2.74. The molecule has 0 aliphatic carbocycles. The smallest absolute Gasteiger partial charge is 0.312 e. The lowest BCUT2D eigenvalue weighted by atomic mass is 9.96. The molecule has 0 bridgehead atoms. The van der Waals surface area contributed by atoms with E-state index in [4.69, 9.17) is 0 Å². The van der Waals surface area contributed by atoms with Gasteiger partial charge in [0.05, 0.1) is 5.69 Å². The molecule has 4 nitrogen and oxygen atoms in total. The van der Waals surface area contributed by atoms with Crippen molar-refractivity contribution in [1.82, 2.24) is 9.97 Å². The van der Waals surface area contributed by atoms with Gasteiger partial charge in [0, 0.05) is 6.20 Å². The van der Waals surface area contributed by atoms with Crippen LogP contribution in [0.1, 0.15) is 23.0 Å². The summed E-state index contributed by atoms with van der Waals surface area (Å²) in [6.07, 6.45) is 2.03. The van der Waals surface area contributed by atoms with Crippen molar-refractivity contribution in [2.24, 2.45) is 0 Å². The summed E-state index contributed by atoms with van der Waals surface area (Å²) in [5.74, 6) is -0.905. The number of carboxylic acid groups (broad SMARTS) is 1. The lowest BCUT2D eigenvalue weighted by molar-refractivity contribution is -0.138. The topological polar surface area (TPSA) is 63.1 Å². The van der Waals surface area contributed by atoms with Crippen molar-refractivity contribution in [3.63, 3.8) is 0 Å². The van der Waals surface area contributed by atoms with Crippen molar-refractivity contribution in [2.75, 3.05) is 0 Å². The van der Waals surface area contributed by atoms with Crippen LogP contribution in [0.25, 0.3) is 0 Å². The fourth-order valence-corrected chi connectivity index (χ4v) is 1.84. The first-order valence-electron chi connectivity index (χ1n) is 5.73. The molecule has 1 aromatic heterocycles. The van der Waals surface area contributed by atoms with Crippen LogP contribution < -0.4 is 0 Å². The van der Waals surface area contributed by atoms with E-state index in [0.29, 0.717) is 17.9 Å². The summed E-state index contributed by atoms with van der Waals surface area (Å²) in [7, 11) is 0. The van der Waals surface area contributed by atoms with Crippen molar-refractivity contribution in [2.45, 2.75) is 19.3 Å². The zero-order valence-corrected chi connectivity index (χ0v) is 10.1. The molecule has 18 heavy (non-hydrogen) atoms. The van der Waals surface area contributed by atoms with Crippen LogP contribution in [0.4, 0.5) is 0 Å². The molecule has 0 spiro atoms. The molecule has 2 rings (SSSR count). The van der Waals surface area contributed by atoms with Gasteiger partial charge in [-0.25, -0.2) is 9.97 Å². The summed E-state index contributed by atoms with van der Waals surface area (Å²) >= 11 is 0. The van der Waals surface area contributed by atoms with E-state index in [1.54, 1.807) is 19.2 Å². The van der Waals surface area contributed by atoms with Gasteiger partial charge in [0.25, 0.3) is 0 Å². The van der Waals surface area contributed by atoms with Gasteiger partial charge in [0.15, 0.2) is 0 Å². The number of aliphatic carboxylic acids is 1. The summed E-state index contributed by atoms with van der Waals surface area (Å²) in [5, 5.41) is 9.32. The Bertz CT molecular complexity index is 541. The first kappa shape index (κ1) is 12.2. The average Bonchev–Trinajstić information content (AvgIpc) is 2.37. The number of nitrogens with zero attached hydrogens (tertiary/aromatic N) is 2. The number of aryl methyl sites for hydroxylation is 1. The molecule has 0 radical (unpaired) electrons. The Morgan fingerprint density at radius 3 is 2.61 bits per heavy atom. The second-order valence-electron chi connectivity index (χ2n) is 4.11. The highest BCUT2D eigenvalue weighted by atomic mass is 16.4. The standard InChI is InChI=1S/C14H14N2O2/c1-10-15-8-7-13(16-10)12(14(17)18)9-11-5-3-2-4-6-11/h2-8,12H,9H2,1H3,(H,17,18). The predicted octanol–water partition coefficient (Wildman–Crippen LogP) is 2.20. The van der Waals surface area contributed by atoms with Gasteiger partial charge >= 0.3 is 5.97 Å². The maximum Gasteiger partial charge on any atom is 0.312 e. The Labute approximate surface area is 105 Å². The zero-order chi connectivity index (χ0) is 13.0. The summed E-state index contributed by atoms with van der Waals surface area (Å²) in [6, 6.07) is 11.2. The summed E-state index contributed by atoms with van der Waals surface area (Å²) in [5.41, 5.74) is 1.54. The molecule has 1 heterocycles. The van der Waals surface area contributed by atoms with Crippen molar-refractivity contribution in [3.05, 3.63) is 59.7 Å². The quantitative estimate of drug-likeness (QED) is 0.892. The molecule has 0 fully saturated rings. The number of hydrogen-bond donors (Lipinski definition) is 1. The summed E-state index contributed by atoms with van der Waals surface area (Å²) < 4.78 is 0. The van der Waals surface area contributed by atoms with Gasteiger partial charge in [-0.05, 0) is 25.0 Å². The Morgan fingerprint density at radius 1 is 1.28 bits per heavy atom. The van der Waals surface area contributed by atoms with Gasteiger partial charge in [0.2, 0.25) is 0 Å². The van der Waals surface area contributed by atoms with Crippen molar-refractivity contribution in [3.8, 4) is 0 Å². The first-order valence-corrected chi connectivity index (χ1v) is 5.73. The molecule has 0 amide bonds. The molecular formula is C14H14N2O2. The Morgan fingerprint density at radius 2 is 2.00 bits per heavy atom. The number of carbonyl (C=O) groups is 1. The maximum absolute atomic E-state index is 11.4. The highest BCUT2D eigenvalue weighted by Gasteiger charge is 2.21. The lowest BCUT2D eigenvalue weighted by Gasteiger charge is -2.12. The van der Waals surface area contributed by atoms with E-state index in [0.717, 1.165) is 5.56 Å². The van der Waals surface area contributed by atoms with Crippen LogP contribution >= 0.6 is 0 Å². The lowest BCUT2D eigenvalue weighted by Crippen LogP contribution is -2.16. The van der Waals surface area contributed by atoms with Crippen LogP contribution in [0.2, 0.25) is 0 Å². The third-order valence-corrected chi connectivity index (χ3v) is 2.74. The predicted molar refractivity (Wildman–Crippen MR) is 67.3 cm³/mol. The zero-order valence-electron chi connectivity index (χ0n) is 10.1. The Kier molecular flexibility index (Phi) is 3.67. The minimum absolute atomic E-state index is 0.437. The first-order chi connectivity index (χ1) is 8.66. The van der Waals surface area contributed by atoms with E-state index in [1.807, 2.05) is 30.3 Å². The second kappa shape index (κ2) is 5.40. The van der Waals surface area contributed by atoms with Crippen molar-refractivity contribution >= 4 is 5.97 Å². The van der Waals surface area contributed by atoms with Gasteiger partial charge in [-0.15, -0.1) is 0 Å². The van der Waals surface area contributed by atoms with Gasteiger partial charge in [0.1, 0.15) is 11.7 Å². The van der Waals surface area contributed by atoms with E-state index in [1.165, 1.54) is 0 Å². The molecule has 92 valence electrons. The number of rotatable bonds is 4. The third kappa shape index (κ3) is 2.91. The molecule has 1 N–H and O–H groups in total. The van der Waals surface area contributed by atoms with E-state index < -0.39 is 11.9 Å². The molecule has 4 heteroatoms. The van der Waals surface area contributed by atoms with Gasteiger partial charge in [-0.3, -0.25) is 4.79 Å². The Hall–Kier alpha value is -2.23. The van der Waals surface area contributed by atoms with Gasteiger partial charge in [-0.1, -0.05) is 30.3 Å². The Balaban J connectivity index is 2.27. The van der Waals surface area contributed by atoms with E-state index >= 15 is 0 Å². The van der Waals surface area contributed by atoms with Crippen LogP contribution in [0, 0.1) is 6.92 Å². The van der Waals surface area contributed by atoms with E-state index in [9.17, 15) is 9.90 Å². The maximum atomic E-state index is 11.4. The molecule has 0 aliphatic rings. The second-order valence-corrected chi connectivity index (χ2v) is 4.11. The van der Waals surface area contributed by atoms with Gasteiger partial charge in [-0.2, -0.15) is 0 Å². The summed E-state index contributed by atoms with van der Waals surface area (Å²) in [6.45, 7) is 1.75. The molecule has 1 atom stereocenters. The largest absolute Gasteiger partial charge is 0.481 e. The number of benzene rings is 1. The van der Waals surface area contributed by atoms with Crippen molar-refractivity contribution in [1.29, 1.82) is 0 Å². The minimum Gasteiger partial charge on any atom is -0.481 e. The highest BCUT2D eigenvalue weighted by Crippen LogP contribution is 2.19. The number of carboxylic acids is 1. The molecule has 1 unspecified atom stereocenters. The molecule has 0 aliphatic heterocycles. The highest BCUT2D eigenvalue weighted by molar-refractivity contribution is 5.75. The van der Waals surface area contributed by atoms with E-state index in [2.05, 4.69) is 9.97 Å². The van der Waals surface area contributed by atoms with Crippen LogP contribution in [0.5, 0.6) is 0 Å². The fraction of sp³-hybridized carbons (Fsp3) is 0.214. The van der Waals surface area contributed by atoms with Crippen LogP contribution in [0.3, 0.4) is 0 Å². The van der Waals surface area contributed by atoms with Crippen LogP contribution in [-0.4, -0.2) is 21.0 Å². The molecule has 1 aromatic carbocycles. The van der Waals surface area contributed by atoms with Crippen LogP contribution in [-0.2, 0) is 11.2 Å². The average molecular weight is 242 g/mol. The normalized spacial score (nSPS) is 12.1. The van der Waals surface area contributed by atoms with Crippen molar-refractivity contribution < 1.29 is 9.90 Å². The molecule has 0 saturated heterocycles. The fourth-order valence-electron chi connectivity index (χ4n) is 1.84. The van der Waals surface area contributed by atoms with Gasteiger partial charge < -0.3 is 5.11 Å². The van der Waals surface area contributed by atoms with Crippen LogP contribution in [0.15, 0.2) is 42.6 Å². The van der Waals surface area contributed by atoms with E-state index in [-0.39, 0.29) is 0 Å². The number of aromatic nitrogens is 2.